The molecule has 2 aliphatic rings. The number of likely N-dealkylation sites (tertiary alicyclic amines) is 2. The van der Waals surface area contributed by atoms with Crippen LogP contribution in [0.4, 0.5) is 0 Å². The molecule has 188 valence electrons. The van der Waals surface area contributed by atoms with Gasteiger partial charge in [-0.15, -0.1) is 0 Å². The minimum absolute atomic E-state index is 0.154. The third-order valence-corrected chi connectivity index (χ3v) is 7.32. The summed E-state index contributed by atoms with van der Waals surface area (Å²) in [6.07, 6.45) is 6.30. The maximum absolute atomic E-state index is 12.4. The van der Waals surface area contributed by atoms with Crippen LogP contribution in [0.3, 0.4) is 0 Å². The number of amides is 1. The highest BCUT2D eigenvalue weighted by atomic mass is 16.1. The van der Waals surface area contributed by atoms with Gasteiger partial charge in [-0.2, -0.15) is 0 Å². The molecule has 5 heteroatoms. The summed E-state index contributed by atoms with van der Waals surface area (Å²) in [7, 11) is 2.16. The SMILES string of the molecule is C=C1C(c2ccccc2)C2(CCN1C)CCN(C(=C)CNC(=O)c1cc(C)ccn1)CC2.CCC. The van der Waals surface area contributed by atoms with Crippen LogP contribution in [0.1, 0.15) is 67.1 Å². The van der Waals surface area contributed by atoms with Gasteiger partial charge in [0.1, 0.15) is 5.69 Å². The van der Waals surface area contributed by atoms with Crippen LogP contribution in [0, 0.1) is 12.3 Å². The second kappa shape index (κ2) is 12.1. The maximum Gasteiger partial charge on any atom is 0.270 e. The van der Waals surface area contributed by atoms with E-state index < -0.39 is 0 Å². The molecule has 1 aromatic carbocycles. The van der Waals surface area contributed by atoms with E-state index >= 15 is 0 Å². The molecule has 0 bridgehead atoms. The number of allylic oxidation sites excluding steroid dienone is 1. The Balaban J connectivity index is 0.00000108. The number of benzene rings is 1. The molecule has 3 heterocycles. The van der Waals surface area contributed by atoms with Crippen LogP contribution < -0.4 is 5.32 Å². The number of aromatic nitrogens is 1. The summed E-state index contributed by atoms with van der Waals surface area (Å²) >= 11 is 0. The number of carbonyl (C=O) groups excluding carboxylic acids is 1. The standard InChI is InChI=1S/C27H34N4O.C3H8/c1-20-10-14-28-24(18-20)26(32)29-19-21(2)31-16-12-27(13-17-31)11-15-30(4)22(3)25(27)23-8-6-5-7-9-23;1-3-2/h5-10,14,18,25H,2-3,11-13,15-17,19H2,1,4H3,(H,29,32);3H2,1-2H3. The van der Waals surface area contributed by atoms with E-state index in [4.69, 9.17) is 0 Å². The molecule has 35 heavy (non-hydrogen) atoms. The number of rotatable bonds is 5. The van der Waals surface area contributed by atoms with Crippen molar-refractivity contribution >= 4 is 5.91 Å². The lowest BCUT2D eigenvalue weighted by atomic mass is 9.61. The molecule has 0 radical (unpaired) electrons. The Labute approximate surface area is 211 Å². The van der Waals surface area contributed by atoms with Crippen molar-refractivity contribution in [3.63, 3.8) is 0 Å². The zero-order valence-electron chi connectivity index (χ0n) is 22.0. The highest BCUT2D eigenvalue weighted by Gasteiger charge is 2.46. The van der Waals surface area contributed by atoms with Gasteiger partial charge in [0.2, 0.25) is 0 Å². The van der Waals surface area contributed by atoms with Crippen LogP contribution in [-0.2, 0) is 0 Å². The monoisotopic (exact) mass is 474 g/mol. The molecule has 1 N–H and O–H groups in total. The van der Waals surface area contributed by atoms with E-state index in [-0.39, 0.29) is 11.3 Å². The lowest BCUT2D eigenvalue weighted by molar-refractivity contribution is 0.0551. The Bertz CT molecular complexity index is 1010. The fourth-order valence-electron chi connectivity index (χ4n) is 5.30. The van der Waals surface area contributed by atoms with Gasteiger partial charge in [-0.3, -0.25) is 9.78 Å². The molecule has 2 aliphatic heterocycles. The molecule has 4 rings (SSSR count). The minimum Gasteiger partial charge on any atom is -0.378 e. The van der Waals surface area contributed by atoms with Crippen molar-refractivity contribution < 1.29 is 4.79 Å². The number of aryl methyl sites for hydroxylation is 1. The number of hydrogen-bond acceptors (Lipinski definition) is 4. The van der Waals surface area contributed by atoms with E-state index in [9.17, 15) is 4.79 Å². The topological polar surface area (TPSA) is 48.5 Å². The minimum atomic E-state index is -0.154. The molecule has 0 saturated carbocycles. The van der Waals surface area contributed by atoms with Crippen LogP contribution >= 0.6 is 0 Å². The Morgan fingerprint density at radius 1 is 1.11 bits per heavy atom. The predicted octanol–water partition coefficient (Wildman–Crippen LogP) is 5.77. The van der Waals surface area contributed by atoms with E-state index in [0.29, 0.717) is 18.2 Å². The lowest BCUT2D eigenvalue weighted by Gasteiger charge is -2.53. The van der Waals surface area contributed by atoms with Gasteiger partial charge in [0.15, 0.2) is 0 Å². The summed E-state index contributed by atoms with van der Waals surface area (Å²) < 4.78 is 0. The maximum atomic E-state index is 12.4. The van der Waals surface area contributed by atoms with Gasteiger partial charge < -0.3 is 15.1 Å². The molecule has 1 amide bonds. The number of carbonyl (C=O) groups is 1. The molecule has 1 atom stereocenters. The van der Waals surface area contributed by atoms with Crippen LogP contribution in [0.2, 0.25) is 0 Å². The van der Waals surface area contributed by atoms with Crippen molar-refractivity contribution in [2.24, 2.45) is 5.41 Å². The summed E-state index contributed by atoms with van der Waals surface area (Å²) in [5.74, 6) is 0.198. The average Bonchev–Trinajstić information content (AvgIpc) is 2.86. The van der Waals surface area contributed by atoms with Crippen molar-refractivity contribution in [2.45, 2.75) is 52.4 Å². The quantitative estimate of drug-likeness (QED) is 0.598. The van der Waals surface area contributed by atoms with Crippen molar-refractivity contribution in [1.29, 1.82) is 0 Å². The largest absolute Gasteiger partial charge is 0.378 e. The fraction of sp³-hybridized carbons (Fsp3) is 0.467. The first kappa shape index (κ1) is 26.5. The summed E-state index contributed by atoms with van der Waals surface area (Å²) in [4.78, 5) is 21.3. The summed E-state index contributed by atoms with van der Waals surface area (Å²) in [5.41, 5.74) is 5.27. The smallest absolute Gasteiger partial charge is 0.270 e. The van der Waals surface area contributed by atoms with E-state index in [0.717, 1.165) is 43.7 Å². The summed E-state index contributed by atoms with van der Waals surface area (Å²) in [5, 5.41) is 2.98. The summed E-state index contributed by atoms with van der Waals surface area (Å²) in [6.45, 7) is 18.4. The average molecular weight is 475 g/mol. The van der Waals surface area contributed by atoms with Crippen LogP contribution in [-0.4, -0.2) is 53.9 Å². The van der Waals surface area contributed by atoms with Gasteiger partial charge in [0.05, 0.1) is 6.54 Å². The lowest BCUT2D eigenvalue weighted by Crippen LogP contribution is -2.49. The zero-order chi connectivity index (χ0) is 25.4. The van der Waals surface area contributed by atoms with Gasteiger partial charge in [0.25, 0.3) is 5.91 Å². The highest BCUT2D eigenvalue weighted by molar-refractivity contribution is 5.92. The number of nitrogens with zero attached hydrogens (tertiary/aromatic N) is 3. The van der Waals surface area contributed by atoms with Gasteiger partial charge in [0, 0.05) is 50.2 Å². The van der Waals surface area contributed by atoms with Crippen molar-refractivity contribution in [2.75, 3.05) is 33.2 Å². The molecule has 1 unspecified atom stereocenters. The van der Waals surface area contributed by atoms with Crippen LogP contribution in [0.25, 0.3) is 0 Å². The van der Waals surface area contributed by atoms with Gasteiger partial charge >= 0.3 is 0 Å². The van der Waals surface area contributed by atoms with Gasteiger partial charge in [-0.1, -0.05) is 63.8 Å². The molecule has 1 spiro atoms. The third kappa shape index (κ3) is 6.33. The second-order valence-electron chi connectivity index (χ2n) is 10.0. The van der Waals surface area contributed by atoms with E-state index in [2.05, 4.69) is 84.5 Å². The number of piperidine rings is 2. The molecular weight excluding hydrogens is 432 g/mol. The second-order valence-corrected chi connectivity index (χ2v) is 10.0. The zero-order valence-corrected chi connectivity index (χ0v) is 22.0. The number of likely N-dealkylation sites (N-methyl/N-ethyl adjacent to an activating group) is 1. The van der Waals surface area contributed by atoms with Crippen molar-refractivity contribution in [1.82, 2.24) is 20.1 Å². The van der Waals surface area contributed by atoms with Crippen molar-refractivity contribution in [3.05, 3.63) is 90.0 Å². The first-order chi connectivity index (χ1) is 16.8. The normalized spacial score (nSPS) is 19.1. The Hall–Kier alpha value is -3.08. The number of nitrogens with one attached hydrogen (secondary N) is 1. The molecule has 2 aromatic rings. The molecule has 2 fully saturated rings. The van der Waals surface area contributed by atoms with Crippen molar-refractivity contribution in [3.8, 4) is 0 Å². The van der Waals surface area contributed by atoms with Gasteiger partial charge in [-0.25, -0.2) is 0 Å². The van der Waals surface area contributed by atoms with E-state index in [1.54, 1.807) is 12.3 Å². The van der Waals surface area contributed by atoms with Crippen LogP contribution in [0.15, 0.2) is 73.2 Å². The molecule has 2 saturated heterocycles. The molecule has 0 aliphatic carbocycles. The van der Waals surface area contributed by atoms with Gasteiger partial charge in [-0.05, 0) is 54.9 Å². The van der Waals surface area contributed by atoms with Crippen LogP contribution in [0.5, 0.6) is 0 Å². The molecular formula is C30H42N4O. The fourth-order valence-corrected chi connectivity index (χ4v) is 5.30. The Kier molecular flexibility index (Phi) is 9.13. The first-order valence-corrected chi connectivity index (χ1v) is 12.9. The first-order valence-electron chi connectivity index (χ1n) is 12.9. The number of hydrogen-bond donors (Lipinski definition) is 1. The third-order valence-electron chi connectivity index (χ3n) is 7.32. The summed E-state index contributed by atoms with van der Waals surface area (Å²) in [6, 6.07) is 14.5. The Morgan fingerprint density at radius 3 is 2.37 bits per heavy atom. The Morgan fingerprint density at radius 2 is 1.74 bits per heavy atom. The predicted molar refractivity (Wildman–Crippen MR) is 145 cm³/mol. The molecule has 5 nitrogen and oxygen atoms in total. The highest BCUT2D eigenvalue weighted by Crippen LogP contribution is 2.53. The van der Waals surface area contributed by atoms with E-state index in [1.807, 2.05) is 13.0 Å². The molecule has 1 aromatic heterocycles. The number of pyridine rings is 1. The van der Waals surface area contributed by atoms with E-state index in [1.165, 1.54) is 24.1 Å².